The molecular weight excluding hydrogens is 480 g/mol. The van der Waals surface area contributed by atoms with Gasteiger partial charge in [0, 0.05) is 5.97 Å². The number of carbonyl (C=O) groups is 1. The highest BCUT2D eigenvalue weighted by molar-refractivity contribution is 5.67. The van der Waals surface area contributed by atoms with E-state index in [0.29, 0.717) is 6.42 Å². The minimum atomic E-state index is -0.893. The fourth-order valence-electron chi connectivity index (χ4n) is 5.21. The molecule has 0 spiro atoms. The quantitative estimate of drug-likeness (QED) is 0.0811. The summed E-state index contributed by atoms with van der Waals surface area (Å²) in [4.78, 5) is 10.3. The second-order valence-electron chi connectivity index (χ2n) is 11.8. The molecule has 4 heteroatoms. The molecule has 0 saturated carbocycles. The highest BCUT2D eigenvalue weighted by Gasteiger charge is 2.05. The van der Waals surface area contributed by atoms with Crippen molar-refractivity contribution in [1.82, 2.24) is 4.57 Å². The van der Waals surface area contributed by atoms with E-state index in [-0.39, 0.29) is 5.92 Å². The fraction of sp³-hybridized carbons (Fsp3) is 0.886. The van der Waals surface area contributed by atoms with Crippen LogP contribution in [-0.2, 0) is 17.9 Å². The topological polar surface area (TPSA) is 48.9 Å². The van der Waals surface area contributed by atoms with Gasteiger partial charge in [0.2, 0.25) is 6.33 Å². The molecule has 1 aromatic rings. The van der Waals surface area contributed by atoms with Gasteiger partial charge in [-0.1, -0.05) is 143 Å². The molecule has 39 heavy (non-hydrogen) atoms. The van der Waals surface area contributed by atoms with Crippen molar-refractivity contribution in [2.75, 3.05) is 0 Å². The number of aryl methyl sites for hydroxylation is 2. The van der Waals surface area contributed by atoms with E-state index in [1.54, 1.807) is 0 Å². The normalized spacial score (nSPS) is 11.8. The summed E-state index contributed by atoms with van der Waals surface area (Å²) in [7, 11) is 0. The van der Waals surface area contributed by atoms with Crippen LogP contribution in [0.4, 0.5) is 0 Å². The van der Waals surface area contributed by atoms with Crippen molar-refractivity contribution >= 4 is 5.97 Å². The van der Waals surface area contributed by atoms with E-state index in [0.717, 1.165) is 19.3 Å². The van der Waals surface area contributed by atoms with E-state index < -0.39 is 5.97 Å². The lowest BCUT2D eigenvalue weighted by atomic mass is 10.00. The van der Waals surface area contributed by atoms with Gasteiger partial charge in [-0.3, -0.25) is 0 Å². The van der Waals surface area contributed by atoms with E-state index in [2.05, 4.69) is 48.6 Å². The van der Waals surface area contributed by atoms with E-state index in [1.807, 2.05) is 6.92 Å². The van der Waals surface area contributed by atoms with Crippen molar-refractivity contribution in [3.63, 3.8) is 0 Å². The molecule has 0 saturated heterocycles. The maximum Gasteiger partial charge on any atom is 0.243 e. The summed E-state index contributed by atoms with van der Waals surface area (Å²) in [5.41, 5.74) is 0. The number of unbranched alkanes of at least 4 members (excludes halogenated alkanes) is 19. The van der Waals surface area contributed by atoms with Crippen LogP contribution in [0.1, 0.15) is 182 Å². The second kappa shape index (κ2) is 29.7. The van der Waals surface area contributed by atoms with Crippen molar-refractivity contribution in [3.05, 3.63) is 18.7 Å². The molecule has 1 rings (SSSR count). The molecule has 0 aliphatic carbocycles. The Hall–Kier alpha value is -1.32. The Morgan fingerprint density at radius 2 is 1.08 bits per heavy atom. The molecule has 1 heterocycles. The van der Waals surface area contributed by atoms with Gasteiger partial charge in [-0.25, -0.2) is 9.13 Å². The summed E-state index contributed by atoms with van der Waals surface area (Å²) in [6.45, 7) is 10.9. The third-order valence-corrected chi connectivity index (χ3v) is 8.02. The van der Waals surface area contributed by atoms with Crippen LogP contribution < -0.4 is 9.67 Å². The van der Waals surface area contributed by atoms with Crippen LogP contribution in [0, 0.1) is 5.92 Å². The van der Waals surface area contributed by atoms with Gasteiger partial charge in [0.15, 0.2) is 0 Å². The maximum atomic E-state index is 10.3. The lowest BCUT2D eigenvalue weighted by molar-refractivity contribution is -0.696. The Balaban J connectivity index is 0.00000122. The van der Waals surface area contributed by atoms with Crippen molar-refractivity contribution in [2.24, 2.45) is 5.92 Å². The van der Waals surface area contributed by atoms with Gasteiger partial charge in [-0.15, -0.1) is 0 Å². The van der Waals surface area contributed by atoms with E-state index in [9.17, 15) is 9.90 Å². The zero-order valence-electron chi connectivity index (χ0n) is 26.9. The highest BCUT2D eigenvalue weighted by Crippen LogP contribution is 2.12. The molecule has 0 bridgehead atoms. The van der Waals surface area contributed by atoms with Crippen LogP contribution in [0.15, 0.2) is 18.7 Å². The third kappa shape index (κ3) is 25.4. The lowest BCUT2D eigenvalue weighted by Gasteiger charge is -2.14. The molecule has 0 radical (unpaired) electrons. The van der Waals surface area contributed by atoms with E-state index >= 15 is 0 Å². The number of rotatable bonds is 27. The van der Waals surface area contributed by atoms with Crippen LogP contribution in [0.2, 0.25) is 0 Å². The summed E-state index contributed by atoms with van der Waals surface area (Å²) < 4.78 is 4.78. The average molecular weight is 549 g/mol. The van der Waals surface area contributed by atoms with Crippen molar-refractivity contribution < 1.29 is 14.5 Å². The predicted octanol–water partition coefficient (Wildman–Crippen LogP) is 9.57. The first kappa shape index (κ1) is 37.7. The molecule has 1 aromatic heterocycles. The van der Waals surface area contributed by atoms with Crippen LogP contribution in [0.25, 0.3) is 0 Å². The molecule has 0 aromatic carbocycles. The molecule has 0 aliphatic rings. The van der Waals surface area contributed by atoms with E-state index in [4.69, 9.17) is 0 Å². The van der Waals surface area contributed by atoms with Gasteiger partial charge in [0.25, 0.3) is 0 Å². The fourth-order valence-corrected chi connectivity index (χ4v) is 5.21. The summed E-state index contributed by atoms with van der Waals surface area (Å²) in [6, 6.07) is 0. The Bertz CT molecular complexity index is 589. The van der Waals surface area contributed by atoms with Crippen LogP contribution in [0.3, 0.4) is 0 Å². The largest absolute Gasteiger partial charge is 0.550 e. The Morgan fingerprint density at radius 3 is 1.51 bits per heavy atom. The minimum Gasteiger partial charge on any atom is -0.550 e. The van der Waals surface area contributed by atoms with Gasteiger partial charge in [0.1, 0.15) is 12.4 Å². The van der Waals surface area contributed by atoms with Gasteiger partial charge in [0.05, 0.1) is 13.1 Å². The van der Waals surface area contributed by atoms with Crippen LogP contribution >= 0.6 is 0 Å². The first-order chi connectivity index (χ1) is 19.1. The van der Waals surface area contributed by atoms with Gasteiger partial charge < -0.3 is 9.90 Å². The van der Waals surface area contributed by atoms with Crippen molar-refractivity contribution in [3.8, 4) is 0 Å². The summed E-state index contributed by atoms with van der Waals surface area (Å²) in [5.74, 6) is -1.11. The number of hydrogen-bond donors (Lipinski definition) is 0. The van der Waals surface area contributed by atoms with Crippen molar-refractivity contribution in [2.45, 2.75) is 195 Å². The maximum absolute atomic E-state index is 10.3. The first-order valence-electron chi connectivity index (χ1n) is 17.3. The zero-order valence-corrected chi connectivity index (χ0v) is 26.9. The van der Waals surface area contributed by atoms with Crippen LogP contribution in [0.5, 0.6) is 0 Å². The number of aromatic nitrogens is 2. The smallest absolute Gasteiger partial charge is 0.243 e. The summed E-state index contributed by atoms with van der Waals surface area (Å²) in [5, 5.41) is 10.3. The molecule has 4 nitrogen and oxygen atoms in total. The number of aliphatic carboxylic acids is 1. The lowest BCUT2D eigenvalue weighted by Crippen LogP contribution is -2.30. The van der Waals surface area contributed by atoms with Gasteiger partial charge >= 0.3 is 0 Å². The van der Waals surface area contributed by atoms with Gasteiger partial charge in [-0.2, -0.15) is 0 Å². The molecule has 1 unspecified atom stereocenters. The molecule has 230 valence electrons. The van der Waals surface area contributed by atoms with E-state index in [1.165, 1.54) is 142 Å². The molecule has 0 N–H and O–H groups in total. The molecule has 1 atom stereocenters. The van der Waals surface area contributed by atoms with Crippen LogP contribution in [-0.4, -0.2) is 10.5 Å². The Labute approximate surface area is 244 Å². The monoisotopic (exact) mass is 549 g/mol. The Kier molecular flexibility index (Phi) is 28.7. The molecular formula is C35H68N2O2. The standard InChI is InChI=1S/C27H53N2.C8H16O2/c1-3-5-7-9-11-13-15-17-19-21-23-28-25-26-29(27-28)24-22-20-18-16-14-12-10-8-6-4-2;1-3-5-6-7(4-2)8(9)10/h25-27H,3-24H2,1-2H3;7H,3-6H2,1-2H3,(H,9,10)/q+1;/p-1. The third-order valence-electron chi connectivity index (χ3n) is 8.02. The number of carbonyl (C=O) groups excluding carboxylic acids is 1. The zero-order chi connectivity index (χ0) is 28.8. The minimum absolute atomic E-state index is 0.222. The number of imidazole rings is 1. The predicted molar refractivity (Wildman–Crippen MR) is 167 cm³/mol. The highest BCUT2D eigenvalue weighted by atomic mass is 16.4. The summed E-state index contributed by atoms with van der Waals surface area (Å²) in [6.07, 6.45) is 38.8. The average Bonchev–Trinajstić information content (AvgIpc) is 3.39. The number of carboxylic acids is 1. The number of nitrogens with zero attached hydrogens (tertiary/aromatic N) is 2. The summed E-state index contributed by atoms with van der Waals surface area (Å²) >= 11 is 0. The second-order valence-corrected chi connectivity index (χ2v) is 11.8. The van der Waals surface area contributed by atoms with Crippen molar-refractivity contribution in [1.29, 1.82) is 0 Å². The number of carboxylic acid groups (broad SMARTS) is 1. The Morgan fingerprint density at radius 1 is 0.641 bits per heavy atom. The molecule has 0 amide bonds. The molecule has 0 aliphatic heterocycles. The number of hydrogen-bond acceptors (Lipinski definition) is 2. The first-order valence-corrected chi connectivity index (χ1v) is 17.3. The van der Waals surface area contributed by atoms with Gasteiger partial charge in [-0.05, 0) is 44.4 Å². The molecule has 0 fully saturated rings. The SMILES string of the molecule is CCCCC(CC)C(=O)[O-].CCCCCCCCCCCCn1cc[n+](CCCCCCCCCCCC)c1.